The number of fused-ring (bicyclic) bond motifs is 1. The number of aryl methyl sites for hydroxylation is 2. The molecule has 1 aromatic carbocycles. The van der Waals surface area contributed by atoms with Crippen LogP contribution in [0.1, 0.15) is 17.5 Å². The molecular formula is C12H11FN2O. The molecule has 0 atom stereocenters. The van der Waals surface area contributed by atoms with Gasteiger partial charge in [-0.25, -0.2) is 4.39 Å². The van der Waals surface area contributed by atoms with Crippen LogP contribution in [0, 0.1) is 5.82 Å². The Labute approximate surface area is 92.0 Å². The van der Waals surface area contributed by atoms with Gasteiger partial charge in [0.15, 0.2) is 0 Å². The Hall–Kier alpha value is -1.84. The van der Waals surface area contributed by atoms with Crippen LogP contribution >= 0.6 is 0 Å². The van der Waals surface area contributed by atoms with Gasteiger partial charge in [0.1, 0.15) is 5.82 Å². The molecule has 4 heteroatoms. The summed E-state index contributed by atoms with van der Waals surface area (Å²) in [4.78, 5) is 0. The van der Waals surface area contributed by atoms with Crippen molar-refractivity contribution >= 4 is 5.88 Å². The molecule has 82 valence electrons. The second-order valence-corrected chi connectivity index (χ2v) is 4.06. The molecule has 0 spiro atoms. The molecule has 0 amide bonds. The molecule has 3 rings (SSSR count). The van der Waals surface area contributed by atoms with E-state index in [1.165, 1.54) is 11.8 Å². The van der Waals surface area contributed by atoms with Crippen LogP contribution in [0.4, 0.5) is 10.3 Å². The number of hydrogen-bond donors (Lipinski definition) is 1. The lowest BCUT2D eigenvalue weighted by Gasteiger charge is -2.05. The number of anilines is 1. The van der Waals surface area contributed by atoms with Crippen molar-refractivity contribution in [1.82, 2.24) is 5.16 Å². The maximum atomic E-state index is 13.9. The van der Waals surface area contributed by atoms with Crippen molar-refractivity contribution in [3.05, 3.63) is 35.3 Å². The first kappa shape index (κ1) is 9.39. The Morgan fingerprint density at radius 1 is 1.19 bits per heavy atom. The van der Waals surface area contributed by atoms with E-state index in [2.05, 4.69) is 5.16 Å². The molecule has 0 saturated heterocycles. The van der Waals surface area contributed by atoms with Crippen LogP contribution in [0.25, 0.3) is 11.1 Å². The topological polar surface area (TPSA) is 52.0 Å². The third-order valence-electron chi connectivity index (χ3n) is 3.07. The maximum absolute atomic E-state index is 13.9. The lowest BCUT2D eigenvalue weighted by Crippen LogP contribution is -1.92. The SMILES string of the molecule is Nc1oncc1-c1cc2c(cc1F)CCC2. The third kappa shape index (κ3) is 1.30. The zero-order valence-corrected chi connectivity index (χ0v) is 8.66. The average Bonchev–Trinajstić information content (AvgIpc) is 2.85. The molecule has 1 heterocycles. The molecule has 1 aliphatic carbocycles. The molecule has 3 nitrogen and oxygen atoms in total. The van der Waals surface area contributed by atoms with Crippen molar-refractivity contribution in [2.24, 2.45) is 0 Å². The minimum absolute atomic E-state index is 0.164. The van der Waals surface area contributed by atoms with Crippen molar-refractivity contribution in [1.29, 1.82) is 0 Å². The van der Waals surface area contributed by atoms with Crippen LogP contribution in [-0.4, -0.2) is 5.16 Å². The molecule has 0 fully saturated rings. The van der Waals surface area contributed by atoms with Gasteiger partial charge in [-0.2, -0.15) is 0 Å². The predicted octanol–water partition coefficient (Wildman–Crippen LogP) is 2.55. The zero-order valence-electron chi connectivity index (χ0n) is 8.66. The summed E-state index contributed by atoms with van der Waals surface area (Å²) in [5, 5.41) is 3.57. The number of rotatable bonds is 1. The summed E-state index contributed by atoms with van der Waals surface area (Å²) >= 11 is 0. The molecule has 2 N–H and O–H groups in total. The van der Waals surface area contributed by atoms with Crippen molar-refractivity contribution in [2.75, 3.05) is 5.73 Å². The molecule has 0 radical (unpaired) electrons. The van der Waals surface area contributed by atoms with Crippen LogP contribution < -0.4 is 5.73 Å². The van der Waals surface area contributed by atoms with Gasteiger partial charge < -0.3 is 10.3 Å². The molecule has 0 saturated carbocycles. The van der Waals surface area contributed by atoms with Gasteiger partial charge in [-0.3, -0.25) is 0 Å². The zero-order chi connectivity index (χ0) is 11.1. The lowest BCUT2D eigenvalue weighted by molar-refractivity contribution is 0.436. The highest BCUT2D eigenvalue weighted by molar-refractivity contribution is 5.73. The first-order valence-corrected chi connectivity index (χ1v) is 5.27. The van der Waals surface area contributed by atoms with E-state index in [0.717, 1.165) is 24.8 Å². The summed E-state index contributed by atoms with van der Waals surface area (Å²) in [5.41, 5.74) is 8.92. The minimum Gasteiger partial charge on any atom is -0.367 e. The fraction of sp³-hybridized carbons (Fsp3) is 0.250. The van der Waals surface area contributed by atoms with Crippen LogP contribution in [0.2, 0.25) is 0 Å². The summed E-state index contributed by atoms with van der Waals surface area (Å²) < 4.78 is 18.6. The highest BCUT2D eigenvalue weighted by Gasteiger charge is 2.18. The van der Waals surface area contributed by atoms with Crippen molar-refractivity contribution < 1.29 is 8.91 Å². The number of halogens is 1. The normalized spacial score (nSPS) is 14.1. The fourth-order valence-corrected chi connectivity index (χ4v) is 2.25. The van der Waals surface area contributed by atoms with Crippen molar-refractivity contribution in [2.45, 2.75) is 19.3 Å². The summed E-state index contributed by atoms with van der Waals surface area (Å²) in [6, 6.07) is 3.46. The van der Waals surface area contributed by atoms with E-state index in [-0.39, 0.29) is 11.7 Å². The van der Waals surface area contributed by atoms with Gasteiger partial charge in [0.2, 0.25) is 5.88 Å². The van der Waals surface area contributed by atoms with Gasteiger partial charge in [0.25, 0.3) is 0 Å². The average molecular weight is 218 g/mol. The summed E-state index contributed by atoms with van der Waals surface area (Å²) in [5.74, 6) is -0.0904. The van der Waals surface area contributed by atoms with Gasteiger partial charge in [-0.1, -0.05) is 5.16 Å². The van der Waals surface area contributed by atoms with E-state index in [1.54, 1.807) is 6.07 Å². The number of nitrogens with zero attached hydrogens (tertiary/aromatic N) is 1. The summed E-state index contributed by atoms with van der Waals surface area (Å²) in [6.07, 6.45) is 4.52. The van der Waals surface area contributed by atoms with Crippen LogP contribution in [-0.2, 0) is 12.8 Å². The highest BCUT2D eigenvalue weighted by Crippen LogP contribution is 2.33. The Kier molecular flexibility index (Phi) is 1.96. The van der Waals surface area contributed by atoms with E-state index >= 15 is 0 Å². The number of aromatic nitrogens is 1. The van der Waals surface area contributed by atoms with Crippen molar-refractivity contribution in [3.63, 3.8) is 0 Å². The molecule has 1 aliphatic rings. The van der Waals surface area contributed by atoms with Crippen LogP contribution in [0.5, 0.6) is 0 Å². The molecule has 2 aromatic rings. The Morgan fingerprint density at radius 3 is 2.62 bits per heavy atom. The number of hydrogen-bond acceptors (Lipinski definition) is 3. The Morgan fingerprint density at radius 2 is 1.94 bits per heavy atom. The van der Waals surface area contributed by atoms with Crippen LogP contribution in [0.3, 0.4) is 0 Å². The van der Waals surface area contributed by atoms with E-state index in [1.807, 2.05) is 6.07 Å². The maximum Gasteiger partial charge on any atom is 0.230 e. The lowest BCUT2D eigenvalue weighted by atomic mass is 10.0. The Bertz CT molecular complexity index is 548. The fourth-order valence-electron chi connectivity index (χ4n) is 2.25. The molecular weight excluding hydrogens is 207 g/mol. The second-order valence-electron chi connectivity index (χ2n) is 4.06. The first-order valence-electron chi connectivity index (χ1n) is 5.27. The third-order valence-corrected chi connectivity index (χ3v) is 3.07. The van der Waals surface area contributed by atoms with Gasteiger partial charge in [-0.05, 0) is 42.5 Å². The largest absolute Gasteiger partial charge is 0.367 e. The van der Waals surface area contributed by atoms with E-state index in [4.69, 9.17) is 10.3 Å². The van der Waals surface area contributed by atoms with Crippen LogP contribution in [0.15, 0.2) is 22.9 Å². The quantitative estimate of drug-likeness (QED) is 0.800. The van der Waals surface area contributed by atoms with Gasteiger partial charge in [0, 0.05) is 5.56 Å². The molecule has 0 bridgehead atoms. The molecule has 16 heavy (non-hydrogen) atoms. The molecule has 0 aliphatic heterocycles. The minimum atomic E-state index is -0.254. The monoisotopic (exact) mass is 218 g/mol. The second kappa shape index (κ2) is 3.33. The standard InChI is InChI=1S/C12H11FN2O/c13-11-5-8-3-1-2-7(8)4-9(11)10-6-15-16-12(10)14/h4-6H,1-3,14H2. The van der Waals surface area contributed by atoms with E-state index in [9.17, 15) is 4.39 Å². The van der Waals surface area contributed by atoms with E-state index < -0.39 is 0 Å². The van der Waals surface area contributed by atoms with Gasteiger partial charge >= 0.3 is 0 Å². The Balaban J connectivity index is 2.18. The van der Waals surface area contributed by atoms with E-state index in [0.29, 0.717) is 11.1 Å². The summed E-state index contributed by atoms with van der Waals surface area (Å²) in [6.45, 7) is 0. The highest BCUT2D eigenvalue weighted by atomic mass is 19.1. The molecule has 1 aromatic heterocycles. The number of nitrogens with two attached hydrogens (primary N) is 1. The number of nitrogen functional groups attached to an aromatic ring is 1. The predicted molar refractivity (Wildman–Crippen MR) is 58.3 cm³/mol. The molecule has 0 unspecified atom stereocenters. The first-order chi connectivity index (χ1) is 7.75. The van der Waals surface area contributed by atoms with Crippen molar-refractivity contribution in [3.8, 4) is 11.1 Å². The smallest absolute Gasteiger partial charge is 0.230 e. The van der Waals surface area contributed by atoms with Gasteiger partial charge in [-0.15, -0.1) is 0 Å². The van der Waals surface area contributed by atoms with Gasteiger partial charge in [0.05, 0.1) is 11.8 Å². The summed E-state index contributed by atoms with van der Waals surface area (Å²) in [7, 11) is 0. The number of benzene rings is 1.